The van der Waals surface area contributed by atoms with Crippen molar-refractivity contribution in [3.8, 4) is 0 Å². The van der Waals surface area contributed by atoms with Gasteiger partial charge in [-0.2, -0.15) is 0 Å². The van der Waals surface area contributed by atoms with Crippen molar-refractivity contribution < 1.29 is 18.3 Å². The second-order valence-corrected chi connectivity index (χ2v) is 10.3. The molecule has 186 valence electrons. The Morgan fingerprint density at radius 2 is 2.09 bits per heavy atom. The first kappa shape index (κ1) is 25.6. The fourth-order valence-electron chi connectivity index (χ4n) is 4.21. The largest absolute Gasteiger partial charge is 0.441 e. The molecule has 10 heteroatoms. The quantitative estimate of drug-likeness (QED) is 0.342. The van der Waals surface area contributed by atoms with Gasteiger partial charge in [-0.3, -0.25) is 14.7 Å². The van der Waals surface area contributed by atoms with Gasteiger partial charge < -0.3 is 22.8 Å². The second kappa shape index (κ2) is 12.0. The minimum absolute atomic E-state index is 0.00916. The van der Waals surface area contributed by atoms with Gasteiger partial charge in [0.1, 0.15) is 0 Å². The molecule has 1 aromatic heterocycles. The lowest BCUT2D eigenvalue weighted by molar-refractivity contribution is -0.129. The fourth-order valence-corrected chi connectivity index (χ4v) is 5.56. The highest BCUT2D eigenvalue weighted by molar-refractivity contribution is 8.00. The Morgan fingerprint density at radius 3 is 2.80 bits per heavy atom. The number of aliphatic hydroxyl groups is 1. The highest BCUT2D eigenvalue weighted by Crippen LogP contribution is 2.33. The van der Waals surface area contributed by atoms with Crippen molar-refractivity contribution in [1.82, 2.24) is 14.8 Å². The van der Waals surface area contributed by atoms with Crippen LogP contribution in [0.3, 0.4) is 0 Å². The molecular weight excluding hydrogens is 484 g/mol. The van der Waals surface area contributed by atoms with Crippen LogP contribution in [0.2, 0.25) is 0 Å². The standard InChI is InChI=1S/C25H29N4O4S2/c1-28(22(18-7-4-3-5-8-18)16-29-14-12-19(30)15-29)24(31)17-34-23-11-10-21(27-35(32)33-2)25-20(23)9-6-13-26-25/h3-11,13,19,22,30H,12,14-17H2,1-2H3/q-1/t19-,22?/m0/s1. The van der Waals surface area contributed by atoms with Crippen LogP contribution in [0.4, 0.5) is 5.69 Å². The van der Waals surface area contributed by atoms with Gasteiger partial charge in [0.25, 0.3) is 0 Å². The van der Waals surface area contributed by atoms with Gasteiger partial charge in [-0.25, -0.2) is 0 Å². The fraction of sp³-hybridized carbons (Fsp3) is 0.360. The molecule has 2 aromatic carbocycles. The summed E-state index contributed by atoms with van der Waals surface area (Å²) >= 11 is 1.44. The van der Waals surface area contributed by atoms with E-state index in [1.54, 1.807) is 17.2 Å². The van der Waals surface area contributed by atoms with Crippen LogP contribution in [0.25, 0.3) is 10.9 Å². The lowest BCUT2D eigenvalue weighted by atomic mass is 10.1. The van der Waals surface area contributed by atoms with Crippen LogP contribution in [-0.2, 0) is 24.1 Å². The maximum atomic E-state index is 13.3. The number of carbonyl (C=O) groups excluding carboxylic acids is 1. The summed E-state index contributed by atoms with van der Waals surface area (Å²) in [6.45, 7) is 2.13. The summed E-state index contributed by atoms with van der Waals surface area (Å²) in [6.07, 6.45) is 2.11. The van der Waals surface area contributed by atoms with Crippen LogP contribution in [0.5, 0.6) is 0 Å². The second-order valence-electron chi connectivity index (χ2n) is 8.38. The molecule has 2 atom stereocenters. The zero-order valence-corrected chi connectivity index (χ0v) is 21.4. The van der Waals surface area contributed by atoms with Gasteiger partial charge in [0.2, 0.25) is 5.91 Å². The third-order valence-electron chi connectivity index (χ3n) is 6.10. The number of rotatable bonds is 9. The van der Waals surface area contributed by atoms with Gasteiger partial charge in [-0.1, -0.05) is 47.3 Å². The van der Waals surface area contributed by atoms with Crippen molar-refractivity contribution in [2.45, 2.75) is 23.5 Å². The maximum Gasteiger partial charge on any atom is 0.233 e. The van der Waals surface area contributed by atoms with Crippen molar-refractivity contribution in [2.24, 2.45) is 4.36 Å². The summed E-state index contributed by atoms with van der Waals surface area (Å²) in [7, 11) is 1.38. The molecule has 1 unspecified atom stereocenters. The van der Waals surface area contributed by atoms with Gasteiger partial charge in [0.15, 0.2) is 0 Å². The van der Waals surface area contributed by atoms with E-state index in [0.717, 1.165) is 28.8 Å². The summed E-state index contributed by atoms with van der Waals surface area (Å²) in [4.78, 5) is 22.6. The van der Waals surface area contributed by atoms with E-state index in [4.69, 9.17) is 4.18 Å². The highest BCUT2D eigenvalue weighted by Gasteiger charge is 2.28. The number of aliphatic hydroxyl groups excluding tert-OH is 1. The first-order valence-electron chi connectivity index (χ1n) is 11.4. The molecule has 8 nitrogen and oxygen atoms in total. The van der Waals surface area contributed by atoms with Crippen molar-refractivity contribution in [3.05, 3.63) is 66.4 Å². The number of amides is 1. The number of aromatic nitrogens is 1. The topological polar surface area (TPSA) is 95.3 Å². The molecule has 1 aliphatic rings. The first-order chi connectivity index (χ1) is 17.0. The number of β-amino-alcohol motifs (C(OH)–C–C–N with tert-alkyl or cyclic N) is 1. The van der Waals surface area contributed by atoms with E-state index in [9.17, 15) is 14.1 Å². The van der Waals surface area contributed by atoms with Crippen LogP contribution < -0.4 is 0 Å². The van der Waals surface area contributed by atoms with E-state index < -0.39 is 10.9 Å². The number of likely N-dealkylation sites (tertiary alicyclic amines) is 1. The number of carbonyl (C=O) groups is 1. The molecule has 35 heavy (non-hydrogen) atoms. The average Bonchev–Trinajstić information content (AvgIpc) is 3.31. The summed E-state index contributed by atoms with van der Waals surface area (Å²) in [6, 6.07) is 17.3. The Hall–Kier alpha value is -2.50. The van der Waals surface area contributed by atoms with Gasteiger partial charge in [-0.05, 0) is 30.2 Å². The van der Waals surface area contributed by atoms with Gasteiger partial charge in [-0.15, -0.1) is 11.8 Å². The molecule has 3 aromatic rings. The molecule has 0 spiro atoms. The molecule has 0 aliphatic carbocycles. The molecular formula is C25H29N4O4S2-. The summed E-state index contributed by atoms with van der Waals surface area (Å²) < 4.78 is 20.6. The number of fused-ring (bicyclic) bond motifs is 1. The van der Waals surface area contributed by atoms with E-state index >= 15 is 0 Å². The molecule has 1 saturated heterocycles. The average molecular weight is 514 g/mol. The molecule has 4 rings (SSSR count). The number of pyridine rings is 1. The lowest BCUT2D eigenvalue weighted by Gasteiger charge is -2.32. The molecule has 0 radical (unpaired) electrons. The predicted molar refractivity (Wildman–Crippen MR) is 139 cm³/mol. The van der Waals surface area contributed by atoms with Crippen molar-refractivity contribution in [2.75, 3.05) is 39.5 Å². The van der Waals surface area contributed by atoms with Crippen LogP contribution in [0.15, 0.2) is 70.1 Å². The van der Waals surface area contributed by atoms with E-state index in [1.165, 1.54) is 18.9 Å². The van der Waals surface area contributed by atoms with Gasteiger partial charge in [0, 0.05) is 50.3 Å². The smallest absolute Gasteiger partial charge is 0.233 e. The molecule has 1 amide bonds. The predicted octanol–water partition coefficient (Wildman–Crippen LogP) is 3.93. The van der Waals surface area contributed by atoms with E-state index in [0.29, 0.717) is 24.3 Å². The third kappa shape index (κ3) is 6.39. The zero-order valence-electron chi connectivity index (χ0n) is 19.7. The highest BCUT2D eigenvalue weighted by atomic mass is 32.2. The van der Waals surface area contributed by atoms with Crippen LogP contribution >= 0.6 is 11.8 Å². The number of thioether (sulfide) groups is 1. The maximum absolute atomic E-state index is 13.3. The van der Waals surface area contributed by atoms with E-state index in [1.807, 2.05) is 55.6 Å². The minimum atomic E-state index is -1.79. The van der Waals surface area contributed by atoms with Crippen LogP contribution in [0, 0.1) is 0 Å². The summed E-state index contributed by atoms with van der Waals surface area (Å²) in [5, 5.41) is 10.8. The molecule has 0 bridgehead atoms. The number of hydrogen-bond acceptors (Lipinski definition) is 9. The monoisotopic (exact) mass is 513 g/mol. The van der Waals surface area contributed by atoms with Gasteiger partial charge >= 0.3 is 0 Å². The minimum Gasteiger partial charge on any atom is -0.441 e. The van der Waals surface area contributed by atoms with Crippen molar-refractivity contribution in [1.29, 1.82) is 0 Å². The molecule has 1 fully saturated rings. The Morgan fingerprint density at radius 1 is 1.29 bits per heavy atom. The van der Waals surface area contributed by atoms with Crippen LogP contribution in [0.1, 0.15) is 18.0 Å². The SMILES string of the molecule is CO[S-](=O)=Nc1ccc(SCC(=O)N(C)C(CN2CC[C@H](O)C2)c2ccccc2)c2cccnc12. The first-order valence-corrected chi connectivity index (χ1v) is 13.4. The molecule has 1 aliphatic heterocycles. The van der Waals surface area contributed by atoms with E-state index in [2.05, 4.69) is 14.2 Å². The van der Waals surface area contributed by atoms with Crippen molar-refractivity contribution in [3.63, 3.8) is 0 Å². The Labute approximate surface area is 211 Å². The number of hydrogen-bond donors (Lipinski definition) is 1. The molecule has 0 saturated carbocycles. The Kier molecular flexibility index (Phi) is 8.74. The number of benzene rings is 2. The van der Waals surface area contributed by atoms with Crippen molar-refractivity contribution >= 4 is 45.1 Å². The number of likely N-dealkylation sites (N-methyl/N-ethyl adjacent to an activating group) is 1. The zero-order chi connectivity index (χ0) is 24.8. The van der Waals surface area contributed by atoms with Crippen LogP contribution in [-0.4, -0.2) is 71.4 Å². The lowest BCUT2D eigenvalue weighted by Crippen LogP contribution is -2.39. The number of nitrogens with zero attached hydrogens (tertiary/aromatic N) is 4. The third-order valence-corrected chi connectivity index (χ3v) is 7.79. The summed E-state index contributed by atoms with van der Waals surface area (Å²) in [5.74, 6) is 0.266. The Balaban J connectivity index is 1.51. The summed E-state index contributed by atoms with van der Waals surface area (Å²) in [5.41, 5.74) is 2.16. The van der Waals surface area contributed by atoms with E-state index in [-0.39, 0.29) is 23.8 Å². The van der Waals surface area contributed by atoms with Gasteiger partial charge in [0.05, 0.1) is 29.1 Å². The Bertz CT molecular complexity index is 1250. The normalized spacial score (nSPS) is 18.1. The molecule has 1 N–H and O–H groups in total. The molecule has 2 heterocycles.